The summed E-state index contributed by atoms with van der Waals surface area (Å²) in [5.74, 6) is 1.04. The fourth-order valence-corrected chi connectivity index (χ4v) is 1.74. The summed E-state index contributed by atoms with van der Waals surface area (Å²) in [6.45, 7) is 6.64. The summed E-state index contributed by atoms with van der Waals surface area (Å²) in [6.07, 6.45) is 1.15. The smallest absolute Gasteiger partial charge is 0.0131 e. The molecule has 1 aromatic carbocycles. The highest BCUT2D eigenvalue weighted by Crippen LogP contribution is 2.23. The maximum Gasteiger partial charge on any atom is 0.0131 e. The molecule has 3 unspecified atom stereocenters. The van der Waals surface area contributed by atoms with E-state index in [1.54, 1.807) is 0 Å². The molecular weight excluding hydrogens is 170 g/mol. The van der Waals surface area contributed by atoms with Crippen LogP contribution in [0.2, 0.25) is 0 Å². The SMILES string of the molecule is CCC(C)C(N)C(C)c1ccccc1. The Balaban J connectivity index is 2.70. The molecule has 1 heteroatoms. The normalized spacial score (nSPS) is 17.4. The minimum atomic E-state index is 0.266. The quantitative estimate of drug-likeness (QED) is 0.777. The third-order valence-corrected chi connectivity index (χ3v) is 3.20. The number of rotatable bonds is 4. The van der Waals surface area contributed by atoms with Crippen LogP contribution in [0.15, 0.2) is 30.3 Å². The molecule has 0 saturated heterocycles. The van der Waals surface area contributed by atoms with E-state index in [0.717, 1.165) is 6.42 Å². The predicted octanol–water partition coefficient (Wildman–Crippen LogP) is 3.16. The van der Waals surface area contributed by atoms with Crippen molar-refractivity contribution in [1.82, 2.24) is 0 Å². The van der Waals surface area contributed by atoms with Crippen molar-refractivity contribution >= 4 is 0 Å². The van der Waals surface area contributed by atoms with Crippen LogP contribution in [0.4, 0.5) is 0 Å². The van der Waals surface area contributed by atoms with E-state index in [-0.39, 0.29) is 6.04 Å². The molecule has 0 aliphatic heterocycles. The van der Waals surface area contributed by atoms with Gasteiger partial charge >= 0.3 is 0 Å². The zero-order valence-electron chi connectivity index (χ0n) is 9.40. The van der Waals surface area contributed by atoms with Crippen molar-refractivity contribution in [1.29, 1.82) is 0 Å². The van der Waals surface area contributed by atoms with Crippen LogP contribution in [0.3, 0.4) is 0 Å². The summed E-state index contributed by atoms with van der Waals surface area (Å²) in [5, 5.41) is 0. The topological polar surface area (TPSA) is 26.0 Å². The van der Waals surface area contributed by atoms with Gasteiger partial charge in [-0.05, 0) is 17.4 Å². The Bertz CT molecular complexity index is 255. The average Bonchev–Trinajstić information content (AvgIpc) is 2.27. The summed E-state index contributed by atoms with van der Waals surface area (Å²) >= 11 is 0. The van der Waals surface area contributed by atoms with Crippen molar-refractivity contribution in [2.75, 3.05) is 0 Å². The lowest BCUT2D eigenvalue weighted by Gasteiger charge is -2.25. The Labute approximate surface area is 87.3 Å². The second-order valence-electron chi connectivity index (χ2n) is 4.16. The van der Waals surface area contributed by atoms with Gasteiger partial charge in [0.2, 0.25) is 0 Å². The van der Waals surface area contributed by atoms with Crippen molar-refractivity contribution in [2.24, 2.45) is 11.7 Å². The molecule has 1 aromatic rings. The minimum absolute atomic E-state index is 0.266. The highest BCUT2D eigenvalue weighted by Gasteiger charge is 2.19. The molecule has 0 aliphatic carbocycles. The zero-order valence-corrected chi connectivity index (χ0v) is 9.40. The number of benzene rings is 1. The van der Waals surface area contributed by atoms with Gasteiger partial charge < -0.3 is 5.73 Å². The Kier molecular flexibility index (Phi) is 4.15. The Morgan fingerprint density at radius 2 is 1.71 bits per heavy atom. The molecule has 0 heterocycles. The Hall–Kier alpha value is -0.820. The Morgan fingerprint density at radius 3 is 2.21 bits per heavy atom. The average molecular weight is 191 g/mol. The van der Waals surface area contributed by atoms with Crippen molar-refractivity contribution in [3.05, 3.63) is 35.9 Å². The van der Waals surface area contributed by atoms with E-state index in [1.165, 1.54) is 5.56 Å². The first kappa shape index (κ1) is 11.3. The van der Waals surface area contributed by atoms with Gasteiger partial charge in [0.15, 0.2) is 0 Å². The van der Waals surface area contributed by atoms with Crippen LogP contribution in [0.1, 0.15) is 38.7 Å². The van der Waals surface area contributed by atoms with Crippen LogP contribution in [-0.4, -0.2) is 6.04 Å². The van der Waals surface area contributed by atoms with E-state index in [0.29, 0.717) is 11.8 Å². The first-order chi connectivity index (χ1) is 6.66. The summed E-state index contributed by atoms with van der Waals surface area (Å²) in [4.78, 5) is 0. The van der Waals surface area contributed by atoms with Gasteiger partial charge in [-0.15, -0.1) is 0 Å². The monoisotopic (exact) mass is 191 g/mol. The van der Waals surface area contributed by atoms with Gasteiger partial charge in [0.1, 0.15) is 0 Å². The molecule has 2 N–H and O–H groups in total. The lowest BCUT2D eigenvalue weighted by atomic mass is 9.85. The standard InChI is InChI=1S/C13H21N/c1-4-10(2)13(14)11(3)12-8-6-5-7-9-12/h5-11,13H,4,14H2,1-3H3. The van der Waals surface area contributed by atoms with Crippen LogP contribution >= 0.6 is 0 Å². The fourth-order valence-electron chi connectivity index (χ4n) is 1.74. The Morgan fingerprint density at radius 1 is 1.14 bits per heavy atom. The molecule has 0 radical (unpaired) electrons. The van der Waals surface area contributed by atoms with Crippen LogP contribution < -0.4 is 5.73 Å². The zero-order chi connectivity index (χ0) is 10.6. The van der Waals surface area contributed by atoms with Gasteiger partial charge in [-0.25, -0.2) is 0 Å². The maximum absolute atomic E-state index is 6.20. The predicted molar refractivity (Wildman–Crippen MR) is 62.3 cm³/mol. The van der Waals surface area contributed by atoms with Gasteiger partial charge in [0.25, 0.3) is 0 Å². The summed E-state index contributed by atoms with van der Waals surface area (Å²) in [6, 6.07) is 10.8. The third kappa shape index (κ3) is 2.58. The van der Waals surface area contributed by atoms with Gasteiger partial charge in [0, 0.05) is 6.04 Å². The van der Waals surface area contributed by atoms with Crippen LogP contribution in [-0.2, 0) is 0 Å². The van der Waals surface area contributed by atoms with Crippen molar-refractivity contribution in [3.63, 3.8) is 0 Å². The van der Waals surface area contributed by atoms with E-state index in [9.17, 15) is 0 Å². The molecule has 0 amide bonds. The van der Waals surface area contributed by atoms with Crippen molar-refractivity contribution < 1.29 is 0 Å². The van der Waals surface area contributed by atoms with Crippen molar-refractivity contribution in [2.45, 2.75) is 39.2 Å². The van der Waals surface area contributed by atoms with E-state index in [4.69, 9.17) is 5.73 Å². The van der Waals surface area contributed by atoms with Crippen molar-refractivity contribution in [3.8, 4) is 0 Å². The molecule has 0 fully saturated rings. The molecule has 0 saturated carbocycles. The molecular formula is C13H21N. The first-order valence-electron chi connectivity index (χ1n) is 5.47. The fraction of sp³-hybridized carbons (Fsp3) is 0.538. The summed E-state index contributed by atoms with van der Waals surface area (Å²) in [5.41, 5.74) is 7.55. The lowest BCUT2D eigenvalue weighted by Crippen LogP contribution is -2.33. The van der Waals surface area contributed by atoms with E-state index in [2.05, 4.69) is 45.0 Å². The van der Waals surface area contributed by atoms with E-state index >= 15 is 0 Å². The molecule has 1 nitrogen and oxygen atoms in total. The lowest BCUT2D eigenvalue weighted by molar-refractivity contribution is 0.396. The van der Waals surface area contributed by atoms with Gasteiger partial charge in [-0.2, -0.15) is 0 Å². The minimum Gasteiger partial charge on any atom is -0.327 e. The molecule has 0 bridgehead atoms. The largest absolute Gasteiger partial charge is 0.327 e. The van der Waals surface area contributed by atoms with E-state index in [1.807, 2.05) is 6.07 Å². The maximum atomic E-state index is 6.20. The summed E-state index contributed by atoms with van der Waals surface area (Å²) < 4.78 is 0. The second kappa shape index (κ2) is 5.16. The molecule has 0 aromatic heterocycles. The van der Waals surface area contributed by atoms with E-state index < -0.39 is 0 Å². The molecule has 14 heavy (non-hydrogen) atoms. The first-order valence-corrected chi connectivity index (χ1v) is 5.47. The highest BCUT2D eigenvalue weighted by atomic mass is 14.7. The van der Waals surface area contributed by atoms with Gasteiger partial charge in [0.05, 0.1) is 0 Å². The third-order valence-electron chi connectivity index (χ3n) is 3.20. The number of hydrogen-bond donors (Lipinski definition) is 1. The number of hydrogen-bond acceptors (Lipinski definition) is 1. The molecule has 78 valence electrons. The number of nitrogens with two attached hydrogens (primary N) is 1. The summed E-state index contributed by atoms with van der Waals surface area (Å²) in [7, 11) is 0. The van der Waals surface area contributed by atoms with Crippen LogP contribution in [0, 0.1) is 5.92 Å². The van der Waals surface area contributed by atoms with Gasteiger partial charge in [-0.1, -0.05) is 57.5 Å². The molecule has 1 rings (SSSR count). The molecule has 0 spiro atoms. The highest BCUT2D eigenvalue weighted by molar-refractivity contribution is 5.20. The molecule has 3 atom stereocenters. The van der Waals surface area contributed by atoms with Gasteiger partial charge in [-0.3, -0.25) is 0 Å². The van der Waals surface area contributed by atoms with Crippen LogP contribution in [0.5, 0.6) is 0 Å². The molecule has 0 aliphatic rings. The van der Waals surface area contributed by atoms with Crippen LogP contribution in [0.25, 0.3) is 0 Å². The second-order valence-corrected chi connectivity index (χ2v) is 4.16.